The van der Waals surface area contributed by atoms with Crippen molar-refractivity contribution in [2.75, 3.05) is 18.0 Å². The topological polar surface area (TPSA) is 27.6 Å². The number of allylic oxidation sites excluding steroid dienone is 9. The second kappa shape index (κ2) is 9.62. The fourth-order valence-corrected chi connectivity index (χ4v) is 8.34. The van der Waals surface area contributed by atoms with Gasteiger partial charge in [-0.3, -0.25) is 4.90 Å². The summed E-state index contributed by atoms with van der Waals surface area (Å²) in [4.78, 5) is 5.27. The van der Waals surface area contributed by atoms with Gasteiger partial charge >= 0.3 is 0 Å². The summed E-state index contributed by atoms with van der Waals surface area (Å²) in [6, 6.07) is 15.5. The largest absolute Gasteiger partial charge is 0.462 e. The number of aromatic nitrogens is 1. The van der Waals surface area contributed by atoms with E-state index in [-0.39, 0.29) is 12.1 Å². The molecule has 0 radical (unpaired) electrons. The summed E-state index contributed by atoms with van der Waals surface area (Å²) < 4.78 is 11.5. The summed E-state index contributed by atoms with van der Waals surface area (Å²) >= 11 is 0. The molecule has 0 saturated heterocycles. The zero-order chi connectivity index (χ0) is 29.5. The fraction of sp³-hybridized carbons (Fsp3) is 0.256. The van der Waals surface area contributed by atoms with Gasteiger partial charge in [0.25, 0.3) is 0 Å². The minimum atomic E-state index is 0.139. The Kier molecular flexibility index (Phi) is 5.62. The summed E-state index contributed by atoms with van der Waals surface area (Å²) in [5.41, 5.74) is 12.4. The van der Waals surface area contributed by atoms with Crippen LogP contribution in [0.2, 0.25) is 0 Å². The second-order valence-electron chi connectivity index (χ2n) is 12.7. The van der Waals surface area contributed by atoms with Crippen molar-refractivity contribution >= 4 is 44.7 Å². The van der Waals surface area contributed by atoms with Crippen molar-refractivity contribution in [1.82, 2.24) is 9.47 Å². The van der Waals surface area contributed by atoms with Crippen molar-refractivity contribution in [3.8, 4) is 0 Å². The minimum absolute atomic E-state index is 0.139. The lowest BCUT2D eigenvalue weighted by Crippen LogP contribution is -2.51. The molecule has 5 heterocycles. The Labute approximate surface area is 258 Å². The van der Waals surface area contributed by atoms with Crippen LogP contribution in [0.1, 0.15) is 39.2 Å². The predicted molar refractivity (Wildman–Crippen MR) is 180 cm³/mol. The molecule has 4 aromatic rings. The molecule has 0 N–H and O–H groups in total. The quantitative estimate of drug-likeness (QED) is 0.223. The summed E-state index contributed by atoms with van der Waals surface area (Å²) in [7, 11) is 0. The molecule has 0 fully saturated rings. The van der Waals surface area contributed by atoms with Crippen molar-refractivity contribution in [2.24, 2.45) is 11.8 Å². The molecule has 2 aromatic carbocycles. The molecule has 9 rings (SSSR count). The first kappa shape index (κ1) is 25.7. The van der Waals surface area contributed by atoms with Crippen LogP contribution >= 0.6 is 0 Å². The van der Waals surface area contributed by atoms with E-state index >= 15 is 0 Å². The first-order chi connectivity index (χ1) is 21.6. The van der Waals surface area contributed by atoms with Crippen LogP contribution in [0.15, 0.2) is 125 Å². The standard InChI is InChI=1S/C39H37N4O/c1-4-40-32-20-19-25(2)39(40)43(28-12-6-5-7-13-28)33-16-10-15-31-26(3)30(33)23-42(34-17-8-11-27-21-22-41(31)38(27)34)35-24-44-36-18-9-14-29(32)37(35)36/h5-6,8-12,14-22,24-25,30,39H,4,7,13,23H2,1-3H3/q+1. The second-order valence-corrected chi connectivity index (χ2v) is 12.7. The van der Waals surface area contributed by atoms with Crippen molar-refractivity contribution in [3.05, 3.63) is 126 Å². The van der Waals surface area contributed by atoms with E-state index in [4.69, 9.17) is 4.42 Å². The van der Waals surface area contributed by atoms with Crippen LogP contribution in [0.4, 0.5) is 11.4 Å². The van der Waals surface area contributed by atoms with Crippen molar-refractivity contribution < 1.29 is 8.99 Å². The van der Waals surface area contributed by atoms with E-state index in [1.807, 2.05) is 6.26 Å². The van der Waals surface area contributed by atoms with Gasteiger partial charge in [-0.15, -0.1) is 0 Å². The van der Waals surface area contributed by atoms with E-state index in [9.17, 15) is 0 Å². The van der Waals surface area contributed by atoms with Crippen molar-refractivity contribution in [2.45, 2.75) is 39.8 Å². The first-order valence-corrected chi connectivity index (χ1v) is 16.1. The van der Waals surface area contributed by atoms with Gasteiger partial charge in [0.05, 0.1) is 33.8 Å². The zero-order valence-electron chi connectivity index (χ0n) is 25.6. The van der Waals surface area contributed by atoms with E-state index in [1.165, 1.54) is 55.9 Å². The van der Waals surface area contributed by atoms with Gasteiger partial charge in [-0.25, -0.2) is 4.58 Å². The third kappa shape index (κ3) is 3.50. The van der Waals surface area contributed by atoms with Gasteiger partial charge in [0, 0.05) is 47.2 Å². The van der Waals surface area contributed by atoms with Crippen molar-refractivity contribution in [3.63, 3.8) is 0 Å². The molecule has 5 bridgehead atoms. The number of para-hydroxylation sites is 1. The minimum Gasteiger partial charge on any atom is -0.462 e. The number of benzene rings is 2. The van der Waals surface area contributed by atoms with Gasteiger partial charge in [0.2, 0.25) is 11.9 Å². The molecule has 3 atom stereocenters. The number of hydrogen-bond donors (Lipinski definition) is 0. The lowest BCUT2D eigenvalue weighted by atomic mass is 9.89. The Morgan fingerprint density at radius 2 is 1.91 bits per heavy atom. The summed E-state index contributed by atoms with van der Waals surface area (Å²) in [6.07, 6.45) is 25.2. The Morgan fingerprint density at radius 1 is 1.00 bits per heavy atom. The normalized spacial score (nSPS) is 24.0. The molecule has 218 valence electrons. The van der Waals surface area contributed by atoms with Crippen LogP contribution in [-0.4, -0.2) is 39.0 Å². The number of nitrogens with zero attached hydrogens (tertiary/aromatic N) is 4. The molecule has 3 unspecified atom stereocenters. The lowest BCUT2D eigenvalue weighted by Gasteiger charge is -2.42. The van der Waals surface area contributed by atoms with E-state index in [0.29, 0.717) is 5.92 Å². The van der Waals surface area contributed by atoms with E-state index < -0.39 is 0 Å². The smallest absolute Gasteiger partial charge is 0.238 e. The third-order valence-corrected chi connectivity index (χ3v) is 10.4. The lowest BCUT2D eigenvalue weighted by molar-refractivity contribution is -0.590. The van der Waals surface area contributed by atoms with Crippen LogP contribution in [0.5, 0.6) is 0 Å². The number of anilines is 2. The van der Waals surface area contributed by atoms with E-state index in [0.717, 1.165) is 37.2 Å². The highest BCUT2D eigenvalue weighted by Crippen LogP contribution is 2.47. The Morgan fingerprint density at radius 3 is 2.77 bits per heavy atom. The van der Waals surface area contributed by atoms with Crippen LogP contribution in [0.3, 0.4) is 0 Å². The zero-order valence-corrected chi connectivity index (χ0v) is 25.6. The van der Waals surface area contributed by atoms with Crippen LogP contribution < -0.4 is 4.90 Å². The van der Waals surface area contributed by atoms with Gasteiger partial charge in [0.1, 0.15) is 18.4 Å². The first-order valence-electron chi connectivity index (χ1n) is 16.1. The number of hydrogen-bond acceptors (Lipinski definition) is 3. The predicted octanol–water partition coefficient (Wildman–Crippen LogP) is 8.74. The molecule has 5 aliphatic rings. The average molecular weight is 578 g/mol. The molecule has 0 amide bonds. The molecular formula is C39H37N4O+. The maximum atomic E-state index is 6.40. The highest BCUT2D eigenvalue weighted by atomic mass is 16.3. The molecule has 44 heavy (non-hydrogen) atoms. The fourth-order valence-electron chi connectivity index (χ4n) is 8.34. The maximum Gasteiger partial charge on any atom is 0.238 e. The molecule has 2 aromatic heterocycles. The average Bonchev–Trinajstić information content (AvgIpc) is 3.64. The van der Waals surface area contributed by atoms with E-state index in [2.05, 4.69) is 137 Å². The molecule has 0 saturated carbocycles. The molecular weight excluding hydrogens is 540 g/mol. The van der Waals surface area contributed by atoms with Gasteiger partial charge in [-0.2, -0.15) is 0 Å². The van der Waals surface area contributed by atoms with E-state index in [1.54, 1.807) is 0 Å². The SMILES string of the molecule is CC[N+]1=C2C=CC(C)C1N(C1=CC=CCC1)C1=CC=CC3=C(C)C1CN(c1coc4cccc2c14)c1cccc2ccn3c12. The molecule has 5 nitrogen and oxygen atoms in total. The number of fused-ring (bicyclic) bond motifs is 6. The monoisotopic (exact) mass is 577 g/mol. The van der Waals surface area contributed by atoms with Crippen LogP contribution in [-0.2, 0) is 0 Å². The summed E-state index contributed by atoms with van der Waals surface area (Å²) in [5.74, 6) is 0.466. The van der Waals surface area contributed by atoms with Gasteiger partial charge in [-0.1, -0.05) is 49.4 Å². The third-order valence-electron chi connectivity index (χ3n) is 10.4. The summed E-state index contributed by atoms with van der Waals surface area (Å²) in [6.45, 7) is 8.76. The molecule has 0 spiro atoms. The Balaban J connectivity index is 1.45. The molecule has 2 aliphatic carbocycles. The maximum absolute atomic E-state index is 6.40. The summed E-state index contributed by atoms with van der Waals surface area (Å²) in [5, 5.41) is 2.43. The van der Waals surface area contributed by atoms with Crippen LogP contribution in [0.25, 0.3) is 27.6 Å². The van der Waals surface area contributed by atoms with Gasteiger partial charge < -0.3 is 13.9 Å². The number of rotatable bonds is 2. The number of furan rings is 1. The van der Waals surface area contributed by atoms with Gasteiger partial charge in [0.15, 0.2) is 0 Å². The highest BCUT2D eigenvalue weighted by Gasteiger charge is 2.44. The molecule has 3 aliphatic heterocycles. The van der Waals surface area contributed by atoms with Crippen LogP contribution in [0, 0.1) is 11.8 Å². The Bertz CT molecular complexity index is 2090. The molecule has 5 heteroatoms. The van der Waals surface area contributed by atoms with Gasteiger partial charge in [-0.05, 0) is 74.8 Å². The Hall–Kier alpha value is -4.77. The highest BCUT2D eigenvalue weighted by molar-refractivity contribution is 6.17. The van der Waals surface area contributed by atoms with Crippen molar-refractivity contribution in [1.29, 1.82) is 0 Å².